The molecule has 12 heteroatoms. The Morgan fingerprint density at radius 3 is 2.39 bits per heavy atom. The van der Waals surface area contributed by atoms with Crippen molar-refractivity contribution >= 4 is 49.7 Å². The smallest absolute Gasteiger partial charge is 0.275 e. The van der Waals surface area contributed by atoms with E-state index < -0.39 is 15.9 Å². The maximum absolute atomic E-state index is 13.0. The van der Waals surface area contributed by atoms with Gasteiger partial charge in [0.05, 0.1) is 13.7 Å². The molecule has 3 aromatic rings. The molecule has 174 valence electrons. The molecular weight excluding hydrogens is 468 g/mol. The number of carbonyl (C=O) groups excluding carboxylic acids is 2. The van der Waals surface area contributed by atoms with Gasteiger partial charge in [-0.2, -0.15) is 0 Å². The number of nitrogens with one attached hydrogen (secondary N) is 3. The van der Waals surface area contributed by atoms with Crippen molar-refractivity contribution in [2.75, 3.05) is 29.1 Å². The van der Waals surface area contributed by atoms with Crippen molar-refractivity contribution in [1.82, 2.24) is 4.98 Å². The van der Waals surface area contributed by atoms with Gasteiger partial charge in [-0.1, -0.05) is 0 Å². The molecule has 0 fully saturated rings. The van der Waals surface area contributed by atoms with Gasteiger partial charge in [0.25, 0.3) is 15.9 Å². The van der Waals surface area contributed by atoms with Crippen LogP contribution in [0.3, 0.4) is 0 Å². The van der Waals surface area contributed by atoms with Crippen LogP contribution in [-0.4, -0.2) is 38.9 Å². The van der Waals surface area contributed by atoms with E-state index in [4.69, 9.17) is 9.47 Å². The zero-order chi connectivity index (χ0) is 24.0. The first-order chi connectivity index (χ1) is 15.7. The number of nitrogens with zero attached hydrogens (tertiary/aromatic N) is 1. The first-order valence-corrected chi connectivity index (χ1v) is 12.1. The van der Waals surface area contributed by atoms with Gasteiger partial charge in [-0.25, -0.2) is 13.4 Å². The minimum atomic E-state index is -4.04. The summed E-state index contributed by atoms with van der Waals surface area (Å²) < 4.78 is 39.1. The molecule has 0 aliphatic rings. The molecule has 0 aliphatic heterocycles. The van der Waals surface area contributed by atoms with E-state index in [1.807, 2.05) is 6.92 Å². The van der Waals surface area contributed by atoms with Crippen molar-refractivity contribution in [1.29, 1.82) is 0 Å². The lowest BCUT2D eigenvalue weighted by molar-refractivity contribution is -0.114. The van der Waals surface area contributed by atoms with Crippen LogP contribution in [0, 0.1) is 0 Å². The topological polar surface area (TPSA) is 136 Å². The number of amides is 2. The Hall–Kier alpha value is -3.64. The summed E-state index contributed by atoms with van der Waals surface area (Å²) in [6, 6.07) is 10.7. The van der Waals surface area contributed by atoms with E-state index >= 15 is 0 Å². The van der Waals surface area contributed by atoms with Gasteiger partial charge in [0.15, 0.2) is 5.13 Å². The van der Waals surface area contributed by atoms with Gasteiger partial charge in [0.1, 0.15) is 22.1 Å². The average molecular weight is 491 g/mol. The summed E-state index contributed by atoms with van der Waals surface area (Å²) in [7, 11) is -2.69. The van der Waals surface area contributed by atoms with Crippen molar-refractivity contribution in [3.05, 3.63) is 53.5 Å². The standard InChI is InChI=1S/C21H22N4O6S2/c1-4-31-16-8-5-14(6-9-16)25-33(28,29)19-11-15(7-10-18(19)30-3)23-20(27)17-12-32-21(24-17)22-13(2)26/h5-12,25H,4H2,1-3H3,(H,23,27)(H,22,24,26). The Balaban J connectivity index is 1.81. The van der Waals surface area contributed by atoms with E-state index in [9.17, 15) is 18.0 Å². The largest absolute Gasteiger partial charge is 0.495 e. The summed E-state index contributed by atoms with van der Waals surface area (Å²) in [6.45, 7) is 3.68. The molecule has 2 aromatic carbocycles. The molecule has 0 unspecified atom stereocenters. The van der Waals surface area contributed by atoms with E-state index in [1.165, 1.54) is 37.6 Å². The van der Waals surface area contributed by atoms with E-state index in [2.05, 4.69) is 20.3 Å². The number of sulfonamides is 1. The number of ether oxygens (including phenoxy) is 2. The number of anilines is 3. The molecule has 0 radical (unpaired) electrons. The fourth-order valence-corrected chi connectivity index (χ4v) is 4.73. The van der Waals surface area contributed by atoms with Crippen LogP contribution < -0.4 is 24.8 Å². The molecule has 3 N–H and O–H groups in total. The van der Waals surface area contributed by atoms with Gasteiger partial charge in [-0.05, 0) is 49.4 Å². The predicted octanol–water partition coefficient (Wildman–Crippen LogP) is 3.56. The highest BCUT2D eigenvalue weighted by Gasteiger charge is 2.21. The SMILES string of the molecule is CCOc1ccc(NS(=O)(=O)c2cc(NC(=O)c3csc(NC(C)=O)n3)ccc2OC)cc1. The number of hydrogen-bond acceptors (Lipinski definition) is 8. The molecule has 2 amide bonds. The zero-order valence-electron chi connectivity index (χ0n) is 18.0. The van der Waals surface area contributed by atoms with Gasteiger partial charge in [-0.15, -0.1) is 11.3 Å². The summed E-state index contributed by atoms with van der Waals surface area (Å²) in [4.78, 5) is 27.5. The zero-order valence-corrected chi connectivity index (χ0v) is 19.7. The van der Waals surface area contributed by atoms with Crippen LogP contribution in [0.4, 0.5) is 16.5 Å². The van der Waals surface area contributed by atoms with Crippen molar-refractivity contribution in [2.24, 2.45) is 0 Å². The number of methoxy groups -OCH3 is 1. The number of benzene rings is 2. The molecule has 33 heavy (non-hydrogen) atoms. The highest BCUT2D eigenvalue weighted by molar-refractivity contribution is 7.92. The number of aromatic nitrogens is 1. The lowest BCUT2D eigenvalue weighted by Crippen LogP contribution is -2.16. The summed E-state index contributed by atoms with van der Waals surface area (Å²) in [5.74, 6) is -0.142. The molecule has 0 bridgehead atoms. The third-order valence-electron chi connectivity index (χ3n) is 4.15. The van der Waals surface area contributed by atoms with Gasteiger partial charge in [0.2, 0.25) is 5.91 Å². The van der Waals surface area contributed by atoms with Crippen LogP contribution in [0.25, 0.3) is 0 Å². The lowest BCUT2D eigenvalue weighted by Gasteiger charge is -2.14. The van der Waals surface area contributed by atoms with Gasteiger partial charge >= 0.3 is 0 Å². The number of hydrogen-bond donors (Lipinski definition) is 3. The minimum absolute atomic E-state index is 0.0801. The summed E-state index contributed by atoms with van der Waals surface area (Å²) in [5, 5.41) is 6.86. The first-order valence-electron chi connectivity index (χ1n) is 9.70. The van der Waals surface area contributed by atoms with Gasteiger partial charge in [0, 0.05) is 23.7 Å². The highest BCUT2D eigenvalue weighted by Crippen LogP contribution is 2.29. The summed E-state index contributed by atoms with van der Waals surface area (Å²) >= 11 is 1.10. The molecule has 0 saturated heterocycles. The second-order valence-corrected chi connectivity index (χ2v) is 9.11. The predicted molar refractivity (Wildman–Crippen MR) is 126 cm³/mol. The fourth-order valence-electron chi connectivity index (χ4n) is 2.74. The third kappa shape index (κ3) is 6.20. The van der Waals surface area contributed by atoms with Crippen molar-refractivity contribution in [3.63, 3.8) is 0 Å². The summed E-state index contributed by atoms with van der Waals surface area (Å²) in [5.41, 5.74) is 0.640. The Labute approximate surface area is 195 Å². The molecular formula is C21H22N4O6S2. The maximum Gasteiger partial charge on any atom is 0.275 e. The molecule has 1 aromatic heterocycles. The Bertz CT molecular complexity index is 1260. The quantitative estimate of drug-likeness (QED) is 0.417. The summed E-state index contributed by atoms with van der Waals surface area (Å²) in [6.07, 6.45) is 0. The van der Waals surface area contributed by atoms with E-state index in [1.54, 1.807) is 24.3 Å². The lowest BCUT2D eigenvalue weighted by atomic mass is 10.3. The van der Waals surface area contributed by atoms with Crippen molar-refractivity contribution in [3.8, 4) is 11.5 Å². The molecule has 0 saturated carbocycles. The first kappa shape index (κ1) is 24.0. The molecule has 0 spiro atoms. The Kier molecular flexibility index (Phi) is 7.51. The van der Waals surface area contributed by atoms with Crippen LogP contribution >= 0.6 is 11.3 Å². The van der Waals surface area contributed by atoms with Crippen LogP contribution in [-0.2, 0) is 14.8 Å². The van der Waals surface area contributed by atoms with Crippen LogP contribution in [0.1, 0.15) is 24.3 Å². The van der Waals surface area contributed by atoms with Crippen LogP contribution in [0.2, 0.25) is 0 Å². The fraction of sp³-hybridized carbons (Fsp3) is 0.190. The molecule has 0 atom stereocenters. The van der Waals surface area contributed by atoms with Crippen molar-refractivity contribution < 1.29 is 27.5 Å². The minimum Gasteiger partial charge on any atom is -0.495 e. The number of thiazole rings is 1. The second-order valence-electron chi connectivity index (χ2n) is 6.60. The van der Waals surface area contributed by atoms with Crippen molar-refractivity contribution in [2.45, 2.75) is 18.7 Å². The highest BCUT2D eigenvalue weighted by atomic mass is 32.2. The van der Waals surface area contributed by atoms with E-state index in [-0.39, 0.29) is 33.1 Å². The number of carbonyl (C=O) groups is 2. The van der Waals surface area contributed by atoms with Crippen LogP contribution in [0.5, 0.6) is 11.5 Å². The molecule has 10 nitrogen and oxygen atoms in total. The Morgan fingerprint density at radius 2 is 1.76 bits per heavy atom. The monoisotopic (exact) mass is 490 g/mol. The second kappa shape index (κ2) is 10.3. The van der Waals surface area contributed by atoms with E-state index in [0.29, 0.717) is 18.0 Å². The van der Waals surface area contributed by atoms with Gasteiger partial charge < -0.3 is 20.1 Å². The maximum atomic E-state index is 13.0. The molecule has 3 rings (SSSR count). The van der Waals surface area contributed by atoms with Gasteiger partial charge in [-0.3, -0.25) is 14.3 Å². The van der Waals surface area contributed by atoms with Crippen LogP contribution in [0.15, 0.2) is 52.7 Å². The number of rotatable bonds is 9. The van der Waals surface area contributed by atoms with E-state index in [0.717, 1.165) is 11.3 Å². The molecule has 0 aliphatic carbocycles. The Morgan fingerprint density at radius 1 is 1.06 bits per heavy atom. The third-order valence-corrected chi connectivity index (χ3v) is 6.31. The normalized spacial score (nSPS) is 10.9. The average Bonchev–Trinajstić information content (AvgIpc) is 3.23. The molecule has 1 heterocycles.